The number of morpholine rings is 1. The van der Waals surface area contributed by atoms with Crippen molar-refractivity contribution in [3.63, 3.8) is 0 Å². The summed E-state index contributed by atoms with van der Waals surface area (Å²) in [4.78, 5) is 22.8. The van der Waals surface area contributed by atoms with Gasteiger partial charge in [0.2, 0.25) is 0 Å². The van der Waals surface area contributed by atoms with Crippen molar-refractivity contribution in [1.29, 1.82) is 0 Å². The van der Waals surface area contributed by atoms with E-state index in [0.717, 1.165) is 22.3 Å². The fourth-order valence-corrected chi connectivity index (χ4v) is 4.00. The minimum absolute atomic E-state index is 0.0675. The van der Waals surface area contributed by atoms with Crippen LogP contribution in [0.5, 0.6) is 0 Å². The first-order chi connectivity index (χ1) is 15.6. The molecule has 0 atom stereocenters. The van der Waals surface area contributed by atoms with Crippen LogP contribution in [0.15, 0.2) is 54.9 Å². The molecule has 9 heteroatoms. The summed E-state index contributed by atoms with van der Waals surface area (Å²) in [6, 6.07) is 14.0. The van der Waals surface area contributed by atoms with E-state index in [1.54, 1.807) is 0 Å². The lowest BCUT2D eigenvalue weighted by Gasteiger charge is -2.29. The van der Waals surface area contributed by atoms with Gasteiger partial charge in [-0.15, -0.1) is 0 Å². The minimum atomic E-state index is -1.06. The Labute approximate surface area is 189 Å². The van der Waals surface area contributed by atoms with Gasteiger partial charge in [-0.2, -0.15) is 10.1 Å². The molecule has 1 aliphatic heterocycles. The number of benzene rings is 2. The van der Waals surface area contributed by atoms with E-state index >= 15 is 0 Å². The van der Waals surface area contributed by atoms with Crippen molar-refractivity contribution in [2.24, 2.45) is 0 Å². The maximum absolute atomic E-state index is 11.3. The third-order valence-electron chi connectivity index (χ3n) is 5.41. The van der Waals surface area contributed by atoms with E-state index < -0.39 is 5.97 Å². The fraction of sp³-hybridized carbons (Fsp3) is 0.217. The van der Waals surface area contributed by atoms with Gasteiger partial charge in [0.15, 0.2) is 0 Å². The molecule has 2 aromatic heterocycles. The van der Waals surface area contributed by atoms with Gasteiger partial charge in [-0.1, -0.05) is 41.9 Å². The first-order valence-electron chi connectivity index (χ1n) is 10.2. The maximum atomic E-state index is 11.3. The molecule has 4 aromatic rings. The minimum Gasteiger partial charge on any atom is -0.478 e. The number of aromatic carboxylic acids is 1. The van der Waals surface area contributed by atoms with Gasteiger partial charge in [-0.25, -0.2) is 14.5 Å². The second-order valence-electron chi connectivity index (χ2n) is 7.55. The average Bonchev–Trinajstić information content (AvgIpc) is 3.31. The first kappa shape index (κ1) is 20.4. The summed E-state index contributed by atoms with van der Waals surface area (Å²) in [6.07, 6.45) is 3.37. The Kier molecular flexibility index (Phi) is 5.46. The summed E-state index contributed by atoms with van der Waals surface area (Å²) < 4.78 is 6.88. The van der Waals surface area contributed by atoms with Gasteiger partial charge < -0.3 is 14.7 Å². The number of nitrogens with zero attached hydrogens (tertiary/aromatic N) is 5. The molecule has 0 saturated carbocycles. The van der Waals surface area contributed by atoms with E-state index in [1.807, 2.05) is 30.3 Å². The molecule has 1 fully saturated rings. The molecule has 0 radical (unpaired) electrons. The Balaban J connectivity index is 1.64. The Morgan fingerprint density at radius 3 is 2.62 bits per heavy atom. The van der Waals surface area contributed by atoms with E-state index in [0.29, 0.717) is 49.2 Å². The molecule has 0 unspecified atom stereocenters. The molecule has 0 bridgehead atoms. The fourth-order valence-electron chi connectivity index (χ4n) is 3.78. The van der Waals surface area contributed by atoms with Gasteiger partial charge in [0, 0.05) is 29.7 Å². The normalized spacial score (nSPS) is 14.1. The van der Waals surface area contributed by atoms with Crippen LogP contribution in [0.25, 0.3) is 16.9 Å². The number of rotatable bonds is 5. The van der Waals surface area contributed by atoms with Gasteiger partial charge in [-0.05, 0) is 29.7 Å². The predicted octanol–water partition coefficient (Wildman–Crippen LogP) is 3.59. The van der Waals surface area contributed by atoms with Crippen LogP contribution in [0.3, 0.4) is 0 Å². The molecule has 2 aromatic carbocycles. The molecule has 0 aliphatic carbocycles. The second kappa shape index (κ2) is 8.57. The van der Waals surface area contributed by atoms with Crippen LogP contribution >= 0.6 is 11.6 Å². The highest BCUT2D eigenvalue weighted by atomic mass is 35.5. The standard InChI is InChI=1S/C23H20ClN5O3/c24-19-12-20-18(11-16(19)10-15-4-2-1-3-5-15)21(28-6-8-32-9-7-28)27-23(26-20)29-14-17(13-25-29)22(30)31/h1-5,11-14H,6-10H2,(H,30,31). The molecular weight excluding hydrogens is 430 g/mol. The van der Waals surface area contributed by atoms with Crippen LogP contribution in [0.2, 0.25) is 5.02 Å². The molecular formula is C23H20ClN5O3. The Bertz CT molecular complexity index is 1290. The van der Waals surface area contributed by atoms with Crippen molar-refractivity contribution in [3.8, 4) is 5.95 Å². The number of hydrogen-bond acceptors (Lipinski definition) is 6. The Morgan fingerprint density at radius 1 is 1.12 bits per heavy atom. The molecule has 0 amide bonds. The number of hydrogen-bond donors (Lipinski definition) is 1. The number of fused-ring (bicyclic) bond motifs is 1. The SMILES string of the molecule is O=C(O)c1cnn(-c2nc(N3CCOCC3)c3cc(Cc4ccccc4)c(Cl)cc3n2)c1. The molecule has 5 rings (SSSR count). The lowest BCUT2D eigenvalue weighted by molar-refractivity contribution is 0.0697. The summed E-state index contributed by atoms with van der Waals surface area (Å²) >= 11 is 6.64. The van der Waals surface area contributed by atoms with Crippen LogP contribution in [-0.2, 0) is 11.2 Å². The average molecular weight is 450 g/mol. The molecule has 3 heterocycles. The van der Waals surface area contributed by atoms with Crippen molar-refractivity contribution in [2.75, 3.05) is 31.2 Å². The van der Waals surface area contributed by atoms with Crippen LogP contribution in [0.4, 0.5) is 5.82 Å². The quantitative estimate of drug-likeness (QED) is 0.497. The third-order valence-corrected chi connectivity index (χ3v) is 5.77. The van der Waals surface area contributed by atoms with Crippen molar-refractivity contribution < 1.29 is 14.6 Å². The summed E-state index contributed by atoms with van der Waals surface area (Å²) in [5.74, 6) is -0.0101. The summed E-state index contributed by atoms with van der Waals surface area (Å²) in [6.45, 7) is 2.61. The lowest BCUT2D eigenvalue weighted by atomic mass is 10.0. The topological polar surface area (TPSA) is 93.4 Å². The first-order valence-corrected chi connectivity index (χ1v) is 10.6. The molecule has 162 valence electrons. The molecule has 0 spiro atoms. The van der Waals surface area contributed by atoms with Crippen molar-refractivity contribution in [1.82, 2.24) is 19.7 Å². The summed E-state index contributed by atoms with van der Waals surface area (Å²) in [5, 5.41) is 14.9. The van der Waals surface area contributed by atoms with E-state index in [2.05, 4.69) is 27.1 Å². The third kappa shape index (κ3) is 4.02. The summed E-state index contributed by atoms with van der Waals surface area (Å²) in [5.41, 5.74) is 2.89. The van der Waals surface area contributed by atoms with Gasteiger partial charge in [0.05, 0.1) is 30.5 Å². The van der Waals surface area contributed by atoms with Crippen LogP contribution in [0, 0.1) is 0 Å². The monoisotopic (exact) mass is 449 g/mol. The van der Waals surface area contributed by atoms with Crippen molar-refractivity contribution in [3.05, 3.63) is 76.6 Å². The maximum Gasteiger partial charge on any atom is 0.338 e. The van der Waals surface area contributed by atoms with Crippen molar-refractivity contribution in [2.45, 2.75) is 6.42 Å². The molecule has 8 nitrogen and oxygen atoms in total. The number of carboxylic acids is 1. The van der Waals surface area contributed by atoms with E-state index in [9.17, 15) is 9.90 Å². The van der Waals surface area contributed by atoms with Gasteiger partial charge in [0.25, 0.3) is 5.95 Å². The number of halogens is 1. The number of aromatic nitrogens is 4. The molecule has 1 aliphatic rings. The largest absolute Gasteiger partial charge is 0.478 e. The van der Waals surface area contributed by atoms with Gasteiger partial charge in [-0.3, -0.25) is 0 Å². The molecule has 1 saturated heterocycles. The second-order valence-corrected chi connectivity index (χ2v) is 7.96. The predicted molar refractivity (Wildman–Crippen MR) is 121 cm³/mol. The molecule has 32 heavy (non-hydrogen) atoms. The summed E-state index contributed by atoms with van der Waals surface area (Å²) in [7, 11) is 0. The number of carbonyl (C=O) groups is 1. The highest BCUT2D eigenvalue weighted by molar-refractivity contribution is 6.32. The molecule has 1 N–H and O–H groups in total. The van der Waals surface area contributed by atoms with Crippen molar-refractivity contribution >= 4 is 34.3 Å². The Morgan fingerprint density at radius 2 is 1.91 bits per heavy atom. The van der Waals surface area contributed by atoms with E-state index in [1.165, 1.54) is 17.1 Å². The van der Waals surface area contributed by atoms with Gasteiger partial charge >= 0.3 is 5.97 Å². The van der Waals surface area contributed by atoms with Crippen LogP contribution in [0.1, 0.15) is 21.5 Å². The zero-order chi connectivity index (χ0) is 22.1. The number of anilines is 1. The zero-order valence-corrected chi connectivity index (χ0v) is 17.9. The zero-order valence-electron chi connectivity index (χ0n) is 17.1. The smallest absolute Gasteiger partial charge is 0.338 e. The van der Waals surface area contributed by atoms with Gasteiger partial charge in [0.1, 0.15) is 5.82 Å². The Hall–Kier alpha value is -3.49. The highest BCUT2D eigenvalue weighted by Crippen LogP contribution is 2.31. The van der Waals surface area contributed by atoms with Crippen LogP contribution in [-0.4, -0.2) is 57.1 Å². The van der Waals surface area contributed by atoms with E-state index in [4.69, 9.17) is 21.3 Å². The van der Waals surface area contributed by atoms with Crippen LogP contribution < -0.4 is 4.90 Å². The number of carboxylic acid groups (broad SMARTS) is 1. The number of ether oxygens (including phenoxy) is 1. The van der Waals surface area contributed by atoms with E-state index in [-0.39, 0.29) is 5.56 Å². The highest BCUT2D eigenvalue weighted by Gasteiger charge is 2.20. The lowest BCUT2D eigenvalue weighted by Crippen LogP contribution is -2.37.